The smallest absolute Gasteiger partial charge is 0.0104 e. The van der Waals surface area contributed by atoms with Gasteiger partial charge in [0.1, 0.15) is 0 Å². The Morgan fingerprint density at radius 3 is 2.43 bits per heavy atom. The number of rotatable bonds is 2. The summed E-state index contributed by atoms with van der Waals surface area (Å²) in [6, 6.07) is 6.78. The van der Waals surface area contributed by atoms with Crippen LogP contribution in [0.2, 0.25) is 0 Å². The fourth-order valence-corrected chi connectivity index (χ4v) is 2.34. The van der Waals surface area contributed by atoms with Crippen molar-refractivity contribution in [1.82, 2.24) is 0 Å². The number of benzene rings is 1. The fourth-order valence-electron chi connectivity index (χ4n) is 2.34. The van der Waals surface area contributed by atoms with Crippen molar-refractivity contribution >= 4 is 0 Å². The summed E-state index contributed by atoms with van der Waals surface area (Å²) >= 11 is 0. The van der Waals surface area contributed by atoms with Crippen LogP contribution in [0.5, 0.6) is 0 Å². The van der Waals surface area contributed by atoms with Crippen LogP contribution in [0, 0.1) is 19.8 Å². The minimum atomic E-state index is 0.304. The molecule has 0 saturated heterocycles. The van der Waals surface area contributed by atoms with Gasteiger partial charge in [-0.25, -0.2) is 0 Å². The Hall–Kier alpha value is -0.820. The van der Waals surface area contributed by atoms with Crippen LogP contribution < -0.4 is 5.73 Å². The van der Waals surface area contributed by atoms with Gasteiger partial charge in [-0.05, 0) is 42.9 Å². The van der Waals surface area contributed by atoms with E-state index in [-0.39, 0.29) is 0 Å². The second-order valence-electron chi connectivity index (χ2n) is 4.76. The van der Waals surface area contributed by atoms with Crippen molar-refractivity contribution in [2.75, 3.05) is 6.54 Å². The highest BCUT2D eigenvalue weighted by Gasteiger charge is 2.50. The molecule has 0 aromatic heterocycles. The molecule has 1 nitrogen and oxygen atoms in total. The molecule has 1 aromatic carbocycles. The van der Waals surface area contributed by atoms with Gasteiger partial charge in [-0.1, -0.05) is 25.1 Å². The Morgan fingerprint density at radius 1 is 1.36 bits per heavy atom. The molecule has 14 heavy (non-hydrogen) atoms. The molecular weight excluding hydrogens is 170 g/mol. The molecule has 1 heteroatoms. The van der Waals surface area contributed by atoms with Crippen molar-refractivity contribution < 1.29 is 0 Å². The summed E-state index contributed by atoms with van der Waals surface area (Å²) in [6.45, 7) is 7.42. The zero-order chi connectivity index (χ0) is 10.3. The molecule has 1 aliphatic carbocycles. The molecule has 1 aliphatic rings. The van der Waals surface area contributed by atoms with E-state index in [1.807, 2.05) is 0 Å². The summed E-state index contributed by atoms with van der Waals surface area (Å²) in [5, 5.41) is 0. The summed E-state index contributed by atoms with van der Waals surface area (Å²) in [4.78, 5) is 0. The maximum Gasteiger partial charge on any atom is 0.0104 e. The SMILES string of the molecule is Cc1ccc([C@@]2(CN)CC2C)cc1C. The van der Waals surface area contributed by atoms with Crippen LogP contribution in [-0.2, 0) is 5.41 Å². The molecule has 0 aliphatic heterocycles. The van der Waals surface area contributed by atoms with Gasteiger partial charge in [0.05, 0.1) is 0 Å². The van der Waals surface area contributed by atoms with E-state index in [2.05, 4.69) is 39.0 Å². The number of nitrogens with two attached hydrogens (primary N) is 1. The van der Waals surface area contributed by atoms with Crippen molar-refractivity contribution in [3.05, 3.63) is 34.9 Å². The molecule has 76 valence electrons. The minimum Gasteiger partial charge on any atom is -0.330 e. The highest BCUT2D eigenvalue weighted by molar-refractivity contribution is 5.39. The first-order valence-corrected chi connectivity index (χ1v) is 5.38. The van der Waals surface area contributed by atoms with E-state index in [0.29, 0.717) is 5.41 Å². The molecule has 0 amide bonds. The standard InChI is InChI=1S/C13H19N/c1-9-4-5-12(6-10(9)2)13(8-14)7-11(13)3/h4-6,11H,7-8,14H2,1-3H3/t11?,13-/m1/s1. The third kappa shape index (κ3) is 1.27. The van der Waals surface area contributed by atoms with E-state index in [9.17, 15) is 0 Å². The molecule has 2 atom stereocenters. The summed E-state index contributed by atoms with van der Waals surface area (Å²) in [7, 11) is 0. The summed E-state index contributed by atoms with van der Waals surface area (Å²) < 4.78 is 0. The van der Waals surface area contributed by atoms with Gasteiger partial charge < -0.3 is 5.73 Å². The topological polar surface area (TPSA) is 26.0 Å². The van der Waals surface area contributed by atoms with Crippen LogP contribution in [-0.4, -0.2) is 6.54 Å². The van der Waals surface area contributed by atoms with E-state index >= 15 is 0 Å². The van der Waals surface area contributed by atoms with Crippen LogP contribution >= 0.6 is 0 Å². The molecule has 0 heterocycles. The van der Waals surface area contributed by atoms with Gasteiger partial charge in [0, 0.05) is 12.0 Å². The average Bonchev–Trinajstić information content (AvgIpc) is 2.83. The van der Waals surface area contributed by atoms with E-state index in [1.54, 1.807) is 0 Å². The molecular formula is C13H19N. The fraction of sp³-hybridized carbons (Fsp3) is 0.538. The lowest BCUT2D eigenvalue weighted by atomic mass is 9.91. The summed E-state index contributed by atoms with van der Waals surface area (Å²) in [6.07, 6.45) is 1.26. The second-order valence-corrected chi connectivity index (χ2v) is 4.76. The lowest BCUT2D eigenvalue weighted by molar-refractivity contribution is 0.641. The van der Waals surface area contributed by atoms with Crippen molar-refractivity contribution in [3.63, 3.8) is 0 Å². The summed E-state index contributed by atoms with van der Waals surface area (Å²) in [5.41, 5.74) is 10.4. The molecule has 1 fully saturated rings. The molecule has 0 spiro atoms. The molecule has 1 aromatic rings. The third-order valence-electron chi connectivity index (χ3n) is 3.90. The lowest BCUT2D eigenvalue weighted by Gasteiger charge is -2.16. The highest BCUT2D eigenvalue weighted by Crippen LogP contribution is 2.53. The normalized spacial score (nSPS) is 30.4. The van der Waals surface area contributed by atoms with Crippen molar-refractivity contribution in [1.29, 1.82) is 0 Å². The zero-order valence-corrected chi connectivity index (χ0v) is 9.30. The van der Waals surface area contributed by atoms with E-state index in [4.69, 9.17) is 5.73 Å². The predicted octanol–water partition coefficient (Wildman–Crippen LogP) is 2.54. The number of hydrogen-bond acceptors (Lipinski definition) is 1. The first-order chi connectivity index (χ1) is 6.60. The third-order valence-corrected chi connectivity index (χ3v) is 3.90. The molecule has 1 saturated carbocycles. The zero-order valence-electron chi connectivity index (χ0n) is 9.30. The van der Waals surface area contributed by atoms with Gasteiger partial charge >= 0.3 is 0 Å². The van der Waals surface area contributed by atoms with Crippen molar-refractivity contribution in [3.8, 4) is 0 Å². The highest BCUT2D eigenvalue weighted by atomic mass is 14.7. The van der Waals surface area contributed by atoms with Crippen LogP contribution in [0.4, 0.5) is 0 Å². The van der Waals surface area contributed by atoms with E-state index < -0.39 is 0 Å². The molecule has 0 bridgehead atoms. The monoisotopic (exact) mass is 189 g/mol. The first kappa shape index (κ1) is 9.72. The maximum absolute atomic E-state index is 5.88. The molecule has 2 rings (SSSR count). The molecule has 2 N–H and O–H groups in total. The van der Waals surface area contributed by atoms with Crippen LogP contribution in [0.15, 0.2) is 18.2 Å². The van der Waals surface area contributed by atoms with Gasteiger partial charge in [0.15, 0.2) is 0 Å². The first-order valence-electron chi connectivity index (χ1n) is 5.38. The second kappa shape index (κ2) is 3.09. The van der Waals surface area contributed by atoms with E-state index in [0.717, 1.165) is 12.5 Å². The van der Waals surface area contributed by atoms with Crippen molar-refractivity contribution in [2.45, 2.75) is 32.6 Å². The Bertz CT molecular complexity index is 352. The number of aryl methyl sites for hydroxylation is 2. The Labute approximate surface area is 86.3 Å². The maximum atomic E-state index is 5.88. The summed E-state index contributed by atoms with van der Waals surface area (Å²) in [5.74, 6) is 0.759. The van der Waals surface area contributed by atoms with Crippen LogP contribution in [0.1, 0.15) is 30.0 Å². The van der Waals surface area contributed by atoms with E-state index in [1.165, 1.54) is 23.1 Å². The van der Waals surface area contributed by atoms with Gasteiger partial charge in [-0.15, -0.1) is 0 Å². The Morgan fingerprint density at radius 2 is 2.00 bits per heavy atom. The number of hydrogen-bond donors (Lipinski definition) is 1. The van der Waals surface area contributed by atoms with Gasteiger partial charge in [-0.3, -0.25) is 0 Å². The van der Waals surface area contributed by atoms with Crippen molar-refractivity contribution in [2.24, 2.45) is 11.7 Å². The Kier molecular flexibility index (Phi) is 2.15. The van der Waals surface area contributed by atoms with Gasteiger partial charge in [0.2, 0.25) is 0 Å². The minimum absolute atomic E-state index is 0.304. The Balaban J connectivity index is 2.38. The quantitative estimate of drug-likeness (QED) is 0.760. The van der Waals surface area contributed by atoms with Gasteiger partial charge in [0.25, 0.3) is 0 Å². The predicted molar refractivity (Wildman–Crippen MR) is 60.4 cm³/mol. The largest absolute Gasteiger partial charge is 0.330 e. The van der Waals surface area contributed by atoms with Crippen LogP contribution in [0.25, 0.3) is 0 Å². The molecule has 0 radical (unpaired) electrons. The lowest BCUT2D eigenvalue weighted by Crippen LogP contribution is -2.22. The van der Waals surface area contributed by atoms with Crippen LogP contribution in [0.3, 0.4) is 0 Å². The average molecular weight is 189 g/mol. The van der Waals surface area contributed by atoms with Gasteiger partial charge in [-0.2, -0.15) is 0 Å². The molecule has 1 unspecified atom stereocenters.